The summed E-state index contributed by atoms with van der Waals surface area (Å²) in [6.45, 7) is 8.60. The summed E-state index contributed by atoms with van der Waals surface area (Å²) < 4.78 is 4.21. The highest BCUT2D eigenvalue weighted by atomic mass is 15.4. The van der Waals surface area contributed by atoms with Crippen LogP contribution in [0.1, 0.15) is 39.8 Å². The molecule has 0 amide bonds. The quantitative estimate of drug-likeness (QED) is 0.506. The Labute approximate surface area is 142 Å². The van der Waals surface area contributed by atoms with Crippen molar-refractivity contribution in [2.75, 3.05) is 0 Å². The Morgan fingerprint density at radius 2 is 1.42 bits per heavy atom. The molecule has 4 nitrogen and oxygen atoms in total. The predicted molar refractivity (Wildman–Crippen MR) is 100 cm³/mol. The molecule has 2 heterocycles. The van der Waals surface area contributed by atoms with Crippen molar-refractivity contribution in [1.29, 1.82) is 0 Å². The van der Waals surface area contributed by atoms with Crippen LogP contribution in [0.5, 0.6) is 0 Å². The van der Waals surface area contributed by atoms with Gasteiger partial charge in [0.2, 0.25) is 0 Å². The Morgan fingerprint density at radius 3 is 2.12 bits per heavy atom. The van der Waals surface area contributed by atoms with Gasteiger partial charge in [0.1, 0.15) is 5.52 Å². The van der Waals surface area contributed by atoms with E-state index in [-0.39, 0.29) is 0 Å². The van der Waals surface area contributed by atoms with Crippen LogP contribution < -0.4 is 0 Å². The smallest absolute Gasteiger partial charge is 0.113 e. The SMILES string of the molecule is CC(C)n1ccc2ccccc21.CC(C)n1nnc2ccccc21. The average Bonchev–Trinajstić information content (AvgIpc) is 3.19. The Hall–Kier alpha value is -2.62. The van der Waals surface area contributed by atoms with Crippen molar-refractivity contribution in [2.24, 2.45) is 0 Å². The van der Waals surface area contributed by atoms with Crippen LogP contribution in [0.15, 0.2) is 60.8 Å². The molecule has 0 bridgehead atoms. The van der Waals surface area contributed by atoms with Gasteiger partial charge in [-0.3, -0.25) is 0 Å². The Morgan fingerprint density at radius 1 is 0.750 bits per heavy atom. The van der Waals surface area contributed by atoms with E-state index in [4.69, 9.17) is 0 Å². The summed E-state index contributed by atoms with van der Waals surface area (Å²) in [5, 5.41) is 9.44. The van der Waals surface area contributed by atoms with Crippen LogP contribution in [0.3, 0.4) is 0 Å². The van der Waals surface area contributed by atoms with Gasteiger partial charge >= 0.3 is 0 Å². The minimum Gasteiger partial charge on any atom is -0.345 e. The molecule has 2 aromatic carbocycles. The normalized spacial score (nSPS) is 11.2. The van der Waals surface area contributed by atoms with Gasteiger partial charge in [0, 0.05) is 23.8 Å². The predicted octanol–water partition coefficient (Wildman–Crippen LogP) is 5.23. The number of fused-ring (bicyclic) bond motifs is 2. The molecule has 4 aromatic rings. The highest BCUT2D eigenvalue weighted by Gasteiger charge is 2.04. The van der Waals surface area contributed by atoms with E-state index in [2.05, 4.69) is 79.1 Å². The first-order chi connectivity index (χ1) is 11.6. The zero-order valence-electron chi connectivity index (χ0n) is 14.7. The molecule has 0 unspecified atom stereocenters. The maximum atomic E-state index is 4.06. The molecule has 24 heavy (non-hydrogen) atoms. The van der Waals surface area contributed by atoms with Gasteiger partial charge in [-0.15, -0.1) is 5.10 Å². The highest BCUT2D eigenvalue weighted by molar-refractivity contribution is 5.80. The van der Waals surface area contributed by atoms with E-state index in [0.29, 0.717) is 12.1 Å². The van der Waals surface area contributed by atoms with Gasteiger partial charge < -0.3 is 4.57 Å². The van der Waals surface area contributed by atoms with Gasteiger partial charge in [0.15, 0.2) is 0 Å². The number of para-hydroxylation sites is 2. The van der Waals surface area contributed by atoms with Crippen molar-refractivity contribution in [2.45, 2.75) is 39.8 Å². The van der Waals surface area contributed by atoms with Crippen LogP contribution in [-0.4, -0.2) is 19.6 Å². The van der Waals surface area contributed by atoms with E-state index in [1.165, 1.54) is 10.9 Å². The minimum absolute atomic E-state index is 0.373. The fraction of sp³-hybridized carbons (Fsp3) is 0.300. The molecule has 0 aliphatic carbocycles. The van der Waals surface area contributed by atoms with Gasteiger partial charge in [-0.05, 0) is 57.3 Å². The van der Waals surface area contributed by atoms with Gasteiger partial charge in [-0.2, -0.15) is 0 Å². The van der Waals surface area contributed by atoms with Gasteiger partial charge in [-0.1, -0.05) is 35.5 Å². The molecule has 4 rings (SSSR count). The number of rotatable bonds is 2. The number of nitrogens with zero attached hydrogens (tertiary/aromatic N) is 4. The molecule has 0 fully saturated rings. The number of aromatic nitrogens is 4. The van der Waals surface area contributed by atoms with Crippen LogP contribution in [-0.2, 0) is 0 Å². The van der Waals surface area contributed by atoms with Crippen molar-refractivity contribution in [3.05, 3.63) is 60.8 Å². The third-order valence-corrected chi connectivity index (χ3v) is 4.05. The first-order valence-corrected chi connectivity index (χ1v) is 8.43. The zero-order valence-corrected chi connectivity index (χ0v) is 14.7. The first kappa shape index (κ1) is 16.2. The molecular formula is C20H24N4. The van der Waals surface area contributed by atoms with E-state index in [0.717, 1.165) is 11.0 Å². The molecule has 0 aliphatic heterocycles. The fourth-order valence-electron chi connectivity index (χ4n) is 2.82. The number of benzene rings is 2. The third-order valence-electron chi connectivity index (χ3n) is 4.05. The fourth-order valence-corrected chi connectivity index (χ4v) is 2.82. The van der Waals surface area contributed by atoms with Crippen LogP contribution in [0.4, 0.5) is 0 Å². The summed E-state index contributed by atoms with van der Waals surface area (Å²) in [4.78, 5) is 0. The first-order valence-electron chi connectivity index (χ1n) is 8.43. The molecule has 124 valence electrons. The zero-order chi connectivity index (χ0) is 17.1. The lowest BCUT2D eigenvalue weighted by Crippen LogP contribution is -2.02. The lowest BCUT2D eigenvalue weighted by molar-refractivity contribution is 0.530. The van der Waals surface area contributed by atoms with Gasteiger partial charge in [0.05, 0.1) is 5.52 Å². The molecule has 0 saturated carbocycles. The molecule has 0 spiro atoms. The Bertz CT molecular complexity index is 853. The maximum absolute atomic E-state index is 4.06. The molecular weight excluding hydrogens is 296 g/mol. The summed E-state index contributed by atoms with van der Waals surface area (Å²) in [6.07, 6.45) is 2.15. The summed E-state index contributed by atoms with van der Waals surface area (Å²) >= 11 is 0. The van der Waals surface area contributed by atoms with E-state index in [1.54, 1.807) is 0 Å². The van der Waals surface area contributed by atoms with Gasteiger partial charge in [-0.25, -0.2) is 4.68 Å². The largest absolute Gasteiger partial charge is 0.345 e. The Kier molecular flexibility index (Phi) is 4.65. The van der Waals surface area contributed by atoms with E-state index in [1.807, 2.05) is 28.9 Å². The Balaban J connectivity index is 0.000000141. The van der Waals surface area contributed by atoms with Crippen LogP contribution in [0, 0.1) is 0 Å². The van der Waals surface area contributed by atoms with E-state index in [9.17, 15) is 0 Å². The summed E-state index contributed by atoms with van der Waals surface area (Å²) in [5.41, 5.74) is 3.39. The molecule has 0 atom stereocenters. The second-order valence-electron chi connectivity index (χ2n) is 6.49. The average molecular weight is 320 g/mol. The maximum Gasteiger partial charge on any atom is 0.113 e. The molecule has 0 N–H and O–H groups in total. The van der Waals surface area contributed by atoms with E-state index < -0.39 is 0 Å². The highest BCUT2D eigenvalue weighted by Crippen LogP contribution is 2.18. The van der Waals surface area contributed by atoms with Crippen LogP contribution >= 0.6 is 0 Å². The molecule has 4 heteroatoms. The van der Waals surface area contributed by atoms with Crippen LogP contribution in [0.25, 0.3) is 21.9 Å². The standard InChI is InChI=1S/C11H13N.C9H11N3/c1-9(2)12-8-7-10-5-3-4-6-11(10)12;1-7(2)12-9-6-4-3-5-8(9)10-11-12/h3-9H,1-2H3;3-7H,1-2H3. The molecule has 0 radical (unpaired) electrons. The van der Waals surface area contributed by atoms with Crippen molar-refractivity contribution < 1.29 is 0 Å². The van der Waals surface area contributed by atoms with Crippen molar-refractivity contribution in [3.8, 4) is 0 Å². The van der Waals surface area contributed by atoms with E-state index >= 15 is 0 Å². The summed E-state index contributed by atoms with van der Waals surface area (Å²) in [7, 11) is 0. The lowest BCUT2D eigenvalue weighted by atomic mass is 10.2. The summed E-state index contributed by atoms with van der Waals surface area (Å²) in [6, 6.07) is 19.5. The molecule has 0 saturated heterocycles. The second-order valence-corrected chi connectivity index (χ2v) is 6.49. The number of hydrogen-bond donors (Lipinski definition) is 0. The van der Waals surface area contributed by atoms with Crippen LogP contribution in [0.2, 0.25) is 0 Å². The second kappa shape index (κ2) is 6.87. The molecule has 2 aromatic heterocycles. The van der Waals surface area contributed by atoms with Gasteiger partial charge in [0.25, 0.3) is 0 Å². The van der Waals surface area contributed by atoms with Crippen molar-refractivity contribution >= 4 is 21.9 Å². The summed E-state index contributed by atoms with van der Waals surface area (Å²) in [5.74, 6) is 0. The lowest BCUT2D eigenvalue weighted by Gasteiger charge is -2.08. The third kappa shape index (κ3) is 3.18. The minimum atomic E-state index is 0.373. The number of hydrogen-bond acceptors (Lipinski definition) is 2. The van der Waals surface area contributed by atoms with Crippen molar-refractivity contribution in [1.82, 2.24) is 19.6 Å². The topological polar surface area (TPSA) is 35.6 Å². The molecule has 0 aliphatic rings. The monoisotopic (exact) mass is 320 g/mol. The van der Waals surface area contributed by atoms with Crippen molar-refractivity contribution in [3.63, 3.8) is 0 Å².